The molecular formula is C25H30F3N5O. The van der Waals surface area contributed by atoms with E-state index < -0.39 is 11.7 Å². The Balaban J connectivity index is 1.34. The predicted octanol–water partition coefficient (Wildman–Crippen LogP) is 4.44. The molecule has 1 fully saturated rings. The maximum Gasteiger partial charge on any atom is 0.416 e. The van der Waals surface area contributed by atoms with Crippen LogP contribution in [0, 0.1) is 0 Å². The number of rotatable bonds is 5. The van der Waals surface area contributed by atoms with E-state index in [1.54, 1.807) is 7.05 Å². The number of allylic oxidation sites excluding steroid dienone is 1. The van der Waals surface area contributed by atoms with Gasteiger partial charge in [0.25, 0.3) is 0 Å². The number of urea groups is 1. The third-order valence-corrected chi connectivity index (χ3v) is 6.47. The van der Waals surface area contributed by atoms with Crippen LogP contribution in [0.25, 0.3) is 0 Å². The molecule has 2 aromatic rings. The minimum Gasteiger partial charge on any atom is -0.364 e. The van der Waals surface area contributed by atoms with Gasteiger partial charge >= 0.3 is 12.2 Å². The van der Waals surface area contributed by atoms with Gasteiger partial charge in [-0.2, -0.15) is 13.2 Å². The summed E-state index contributed by atoms with van der Waals surface area (Å²) in [6.07, 6.45) is -2.89. The van der Waals surface area contributed by atoms with Crippen molar-refractivity contribution < 1.29 is 18.0 Å². The number of likely N-dealkylation sites (tertiary alicyclic amines) is 1. The van der Waals surface area contributed by atoms with E-state index in [4.69, 9.17) is 0 Å². The fourth-order valence-corrected chi connectivity index (χ4v) is 4.58. The Kier molecular flexibility index (Phi) is 7.02. The number of nitrogens with zero attached hydrogens (tertiary/aromatic N) is 2. The molecule has 0 bridgehead atoms. The second-order valence-electron chi connectivity index (χ2n) is 8.71. The van der Waals surface area contributed by atoms with Crippen LogP contribution in [-0.4, -0.2) is 43.7 Å². The first-order valence-electron chi connectivity index (χ1n) is 11.4. The molecule has 4 rings (SSSR count). The van der Waals surface area contributed by atoms with Crippen LogP contribution in [-0.2, 0) is 6.18 Å². The lowest BCUT2D eigenvalue weighted by molar-refractivity contribution is -0.137. The smallest absolute Gasteiger partial charge is 0.364 e. The van der Waals surface area contributed by atoms with Crippen LogP contribution in [0.4, 0.5) is 23.7 Å². The lowest BCUT2D eigenvalue weighted by atomic mass is 10.0. The van der Waals surface area contributed by atoms with Gasteiger partial charge < -0.3 is 16.0 Å². The standard InChI is InChI=1S/C25H30F3N5O/c1-17-22(31-23(30-17)18-8-10-19(11-9-18)25(26,27)28)16-32-14-12-21(13-15-32)33(24(34)29-2)20-6-4-3-5-7-20/h3-11,21,23,30-31H,12-16H2,1-2H3,(H,29,34). The van der Waals surface area contributed by atoms with Crippen molar-refractivity contribution in [2.24, 2.45) is 0 Å². The molecule has 0 radical (unpaired) electrons. The summed E-state index contributed by atoms with van der Waals surface area (Å²) in [5.41, 5.74) is 3.02. The fourth-order valence-electron chi connectivity index (χ4n) is 4.58. The van der Waals surface area contributed by atoms with Crippen LogP contribution in [0.5, 0.6) is 0 Å². The highest BCUT2D eigenvalue weighted by Crippen LogP contribution is 2.31. The van der Waals surface area contributed by atoms with Crippen LogP contribution in [0.2, 0.25) is 0 Å². The molecule has 1 atom stereocenters. The highest BCUT2D eigenvalue weighted by molar-refractivity contribution is 5.92. The van der Waals surface area contributed by atoms with Crippen molar-refractivity contribution >= 4 is 11.7 Å². The number of alkyl halides is 3. The van der Waals surface area contributed by atoms with Gasteiger partial charge in [-0.3, -0.25) is 9.80 Å². The summed E-state index contributed by atoms with van der Waals surface area (Å²) in [4.78, 5) is 16.8. The number of benzene rings is 2. The largest absolute Gasteiger partial charge is 0.416 e. The Morgan fingerprint density at radius 1 is 1.06 bits per heavy atom. The first-order chi connectivity index (χ1) is 16.3. The number of carbonyl (C=O) groups excluding carboxylic acids is 1. The third-order valence-electron chi connectivity index (χ3n) is 6.47. The molecule has 2 aliphatic rings. The minimum absolute atomic E-state index is 0.107. The molecule has 1 unspecified atom stereocenters. The van der Waals surface area contributed by atoms with Gasteiger partial charge in [-0.25, -0.2) is 4.79 Å². The van der Waals surface area contributed by atoms with Gasteiger partial charge in [0.05, 0.1) is 5.56 Å². The van der Waals surface area contributed by atoms with E-state index >= 15 is 0 Å². The van der Waals surface area contributed by atoms with Crippen molar-refractivity contribution in [3.05, 3.63) is 77.1 Å². The molecule has 6 nitrogen and oxygen atoms in total. The molecule has 2 heterocycles. The highest BCUT2D eigenvalue weighted by Gasteiger charge is 2.32. The SMILES string of the molecule is CNC(=O)N(c1ccccc1)C1CCN(CC2=C(C)NC(c3ccc(C(F)(F)F)cc3)N2)CC1. The molecule has 2 aliphatic heterocycles. The Hall–Kier alpha value is -3.20. The monoisotopic (exact) mass is 473 g/mol. The fraction of sp³-hybridized carbons (Fsp3) is 0.400. The van der Waals surface area contributed by atoms with Crippen molar-refractivity contribution in [1.82, 2.24) is 20.9 Å². The molecule has 2 aromatic carbocycles. The van der Waals surface area contributed by atoms with E-state index in [1.807, 2.05) is 42.2 Å². The van der Waals surface area contributed by atoms with Gasteiger partial charge in [0.2, 0.25) is 0 Å². The van der Waals surface area contributed by atoms with Gasteiger partial charge in [0.15, 0.2) is 0 Å². The first kappa shape index (κ1) is 23.9. The van der Waals surface area contributed by atoms with E-state index in [-0.39, 0.29) is 18.2 Å². The molecule has 9 heteroatoms. The molecule has 34 heavy (non-hydrogen) atoms. The zero-order valence-corrected chi connectivity index (χ0v) is 19.3. The Morgan fingerprint density at radius 3 is 2.29 bits per heavy atom. The van der Waals surface area contributed by atoms with E-state index in [2.05, 4.69) is 20.9 Å². The molecule has 2 amide bonds. The van der Waals surface area contributed by atoms with Crippen molar-refractivity contribution in [2.45, 2.75) is 38.1 Å². The molecular weight excluding hydrogens is 443 g/mol. The number of amides is 2. The zero-order valence-electron chi connectivity index (χ0n) is 19.3. The normalized spacial score (nSPS) is 19.5. The Labute approximate surface area is 197 Å². The lowest BCUT2D eigenvalue weighted by Crippen LogP contribution is -2.50. The molecule has 0 saturated carbocycles. The summed E-state index contributed by atoms with van der Waals surface area (Å²) in [5.74, 6) is 0. The first-order valence-corrected chi connectivity index (χ1v) is 11.4. The number of para-hydroxylation sites is 1. The van der Waals surface area contributed by atoms with Gasteiger partial charge in [-0.1, -0.05) is 30.3 Å². The summed E-state index contributed by atoms with van der Waals surface area (Å²) >= 11 is 0. The van der Waals surface area contributed by atoms with Crippen molar-refractivity contribution in [2.75, 3.05) is 31.6 Å². The summed E-state index contributed by atoms with van der Waals surface area (Å²) in [6, 6.07) is 14.9. The number of halogens is 3. The summed E-state index contributed by atoms with van der Waals surface area (Å²) in [5, 5.41) is 9.51. The van der Waals surface area contributed by atoms with E-state index in [1.165, 1.54) is 12.1 Å². The number of anilines is 1. The maximum absolute atomic E-state index is 12.8. The zero-order chi connectivity index (χ0) is 24.3. The molecule has 3 N–H and O–H groups in total. The predicted molar refractivity (Wildman–Crippen MR) is 126 cm³/mol. The third kappa shape index (κ3) is 5.30. The summed E-state index contributed by atoms with van der Waals surface area (Å²) in [6.45, 7) is 4.37. The highest BCUT2D eigenvalue weighted by atomic mass is 19.4. The Morgan fingerprint density at radius 2 is 1.71 bits per heavy atom. The second-order valence-corrected chi connectivity index (χ2v) is 8.71. The number of hydrogen-bond acceptors (Lipinski definition) is 4. The van der Waals surface area contributed by atoms with Crippen LogP contribution < -0.4 is 20.9 Å². The molecule has 0 spiro atoms. The quantitative estimate of drug-likeness (QED) is 0.601. The molecule has 182 valence electrons. The van der Waals surface area contributed by atoms with Gasteiger partial charge in [-0.05, 0) is 49.6 Å². The molecule has 1 saturated heterocycles. The van der Waals surface area contributed by atoms with Crippen LogP contribution in [0.1, 0.15) is 37.1 Å². The van der Waals surface area contributed by atoms with Gasteiger partial charge in [-0.15, -0.1) is 0 Å². The lowest BCUT2D eigenvalue weighted by Gasteiger charge is -2.38. The number of piperidine rings is 1. The van der Waals surface area contributed by atoms with Crippen molar-refractivity contribution in [3.63, 3.8) is 0 Å². The van der Waals surface area contributed by atoms with Crippen molar-refractivity contribution in [3.8, 4) is 0 Å². The average Bonchev–Trinajstić information content (AvgIpc) is 3.20. The van der Waals surface area contributed by atoms with E-state index in [0.717, 1.165) is 60.7 Å². The average molecular weight is 474 g/mol. The molecule has 0 aromatic heterocycles. The summed E-state index contributed by atoms with van der Waals surface area (Å²) in [7, 11) is 1.65. The van der Waals surface area contributed by atoms with E-state index in [0.29, 0.717) is 6.54 Å². The van der Waals surface area contributed by atoms with E-state index in [9.17, 15) is 18.0 Å². The topological polar surface area (TPSA) is 59.6 Å². The second kappa shape index (κ2) is 9.97. The number of carbonyl (C=O) groups is 1. The Bertz CT molecular complexity index is 1020. The summed E-state index contributed by atoms with van der Waals surface area (Å²) < 4.78 is 38.5. The van der Waals surface area contributed by atoms with Crippen LogP contribution in [0.15, 0.2) is 66.0 Å². The minimum atomic E-state index is -4.34. The van der Waals surface area contributed by atoms with Crippen molar-refractivity contribution in [1.29, 1.82) is 0 Å². The van der Waals surface area contributed by atoms with Crippen LogP contribution in [0.3, 0.4) is 0 Å². The van der Waals surface area contributed by atoms with Crippen LogP contribution >= 0.6 is 0 Å². The number of hydrogen-bond donors (Lipinski definition) is 3. The number of nitrogens with one attached hydrogen (secondary N) is 3. The maximum atomic E-state index is 12.8. The molecule has 0 aliphatic carbocycles. The van der Waals surface area contributed by atoms with Gasteiger partial charge in [0.1, 0.15) is 6.17 Å². The van der Waals surface area contributed by atoms with Gasteiger partial charge in [0, 0.05) is 49.8 Å².